The largest absolute Gasteiger partial charge is 0.106 e. The van der Waals surface area contributed by atoms with Crippen molar-refractivity contribution in [2.24, 2.45) is 5.41 Å². The quantitative estimate of drug-likeness (QED) is 0.446. The molecule has 0 fully saturated rings. The Morgan fingerprint density at radius 1 is 0.931 bits per heavy atom. The lowest BCUT2D eigenvalue weighted by Gasteiger charge is -2.30. The summed E-state index contributed by atoms with van der Waals surface area (Å²) in [4.78, 5) is 0. The van der Waals surface area contributed by atoms with Gasteiger partial charge < -0.3 is 0 Å². The minimum atomic E-state index is 0.392. The second-order valence-electron chi connectivity index (χ2n) is 7.18. The van der Waals surface area contributed by atoms with Gasteiger partial charge in [0.05, 0.1) is 0 Å². The highest BCUT2D eigenvalue weighted by Crippen LogP contribution is 2.35. The van der Waals surface area contributed by atoms with Crippen LogP contribution in [0.15, 0.2) is 80.4 Å². The van der Waals surface area contributed by atoms with Crippen molar-refractivity contribution in [2.75, 3.05) is 0 Å². The Hall–Kier alpha value is -2.34. The van der Waals surface area contributed by atoms with Gasteiger partial charge in [-0.2, -0.15) is 0 Å². The third kappa shape index (κ3) is 12.7. The van der Waals surface area contributed by atoms with Crippen molar-refractivity contribution in [3.8, 4) is 0 Å². The molecule has 160 valence electrons. The van der Waals surface area contributed by atoms with E-state index in [1.165, 1.54) is 41.5 Å². The van der Waals surface area contributed by atoms with E-state index in [1.54, 1.807) is 6.08 Å². The SMILES string of the molecule is C=C.C=CC.CC.CCCC1(C)C=Cc2ccccc2C1.Cc1ccc(C)cc1. The maximum Gasteiger partial charge on any atom is -0.0103 e. The van der Waals surface area contributed by atoms with Gasteiger partial charge >= 0.3 is 0 Å². The monoisotopic (exact) mass is 392 g/mol. The fourth-order valence-electron chi connectivity index (χ4n) is 3.02. The van der Waals surface area contributed by atoms with E-state index in [0.717, 1.165) is 0 Å². The van der Waals surface area contributed by atoms with Crippen LogP contribution in [0.4, 0.5) is 0 Å². The molecule has 0 nitrogen and oxygen atoms in total. The van der Waals surface area contributed by atoms with Crippen molar-refractivity contribution in [2.45, 2.75) is 67.7 Å². The first-order valence-corrected chi connectivity index (χ1v) is 10.8. The number of rotatable bonds is 2. The van der Waals surface area contributed by atoms with Crippen LogP contribution in [0.3, 0.4) is 0 Å². The molecule has 0 heterocycles. The molecule has 0 aliphatic heterocycles. The highest BCUT2D eigenvalue weighted by Gasteiger charge is 2.24. The second kappa shape index (κ2) is 17.7. The summed E-state index contributed by atoms with van der Waals surface area (Å²) in [6.07, 6.45) is 10.2. The van der Waals surface area contributed by atoms with Gasteiger partial charge in [0.15, 0.2) is 0 Å². The van der Waals surface area contributed by atoms with Crippen LogP contribution in [0, 0.1) is 19.3 Å². The first-order chi connectivity index (χ1) is 13.9. The van der Waals surface area contributed by atoms with Crippen LogP contribution in [-0.4, -0.2) is 0 Å². The molecular weight excluding hydrogens is 348 g/mol. The van der Waals surface area contributed by atoms with Gasteiger partial charge in [-0.05, 0) is 50.2 Å². The van der Waals surface area contributed by atoms with E-state index < -0.39 is 0 Å². The number of fused-ring (bicyclic) bond motifs is 1. The van der Waals surface area contributed by atoms with E-state index in [-0.39, 0.29) is 0 Å². The van der Waals surface area contributed by atoms with Gasteiger partial charge in [-0.15, -0.1) is 19.7 Å². The number of hydrogen-bond donors (Lipinski definition) is 0. The fourth-order valence-corrected chi connectivity index (χ4v) is 3.02. The molecule has 2 aromatic carbocycles. The van der Waals surface area contributed by atoms with Gasteiger partial charge in [-0.1, -0.05) is 112 Å². The molecule has 0 amide bonds. The summed E-state index contributed by atoms with van der Waals surface area (Å²) in [6, 6.07) is 17.2. The van der Waals surface area contributed by atoms with Gasteiger partial charge in [0.25, 0.3) is 0 Å². The zero-order valence-corrected chi connectivity index (χ0v) is 20.1. The van der Waals surface area contributed by atoms with Crippen LogP contribution in [0.25, 0.3) is 6.08 Å². The van der Waals surface area contributed by atoms with Crippen molar-refractivity contribution in [1.29, 1.82) is 0 Å². The van der Waals surface area contributed by atoms with Crippen LogP contribution in [0.5, 0.6) is 0 Å². The third-order valence-corrected chi connectivity index (χ3v) is 4.35. The molecule has 0 radical (unpaired) electrons. The fraction of sp³-hybridized carbons (Fsp3) is 0.379. The lowest BCUT2D eigenvalue weighted by molar-refractivity contribution is 0.382. The van der Waals surface area contributed by atoms with Crippen LogP contribution >= 0.6 is 0 Å². The van der Waals surface area contributed by atoms with E-state index in [4.69, 9.17) is 0 Å². The van der Waals surface area contributed by atoms with E-state index in [1.807, 2.05) is 20.8 Å². The van der Waals surface area contributed by atoms with Gasteiger partial charge in [0, 0.05) is 0 Å². The van der Waals surface area contributed by atoms with Crippen LogP contribution < -0.4 is 0 Å². The Balaban J connectivity index is 0. The van der Waals surface area contributed by atoms with Gasteiger partial charge in [-0.3, -0.25) is 0 Å². The Kier molecular flexibility index (Phi) is 17.7. The molecular formula is C29H44. The van der Waals surface area contributed by atoms with Gasteiger partial charge in [0.2, 0.25) is 0 Å². The molecule has 0 spiro atoms. The summed E-state index contributed by atoms with van der Waals surface area (Å²) >= 11 is 0. The number of hydrogen-bond acceptors (Lipinski definition) is 0. The van der Waals surface area contributed by atoms with E-state index in [0.29, 0.717) is 5.41 Å². The topological polar surface area (TPSA) is 0 Å². The molecule has 0 bridgehead atoms. The summed E-state index contributed by atoms with van der Waals surface area (Å²) in [6.45, 7) is 24.1. The zero-order chi connectivity index (χ0) is 22.7. The molecule has 29 heavy (non-hydrogen) atoms. The van der Waals surface area contributed by atoms with Crippen molar-refractivity contribution in [1.82, 2.24) is 0 Å². The number of benzene rings is 2. The second-order valence-corrected chi connectivity index (χ2v) is 7.18. The smallest absolute Gasteiger partial charge is 0.0103 e. The predicted molar refractivity (Wildman–Crippen MR) is 137 cm³/mol. The summed E-state index contributed by atoms with van der Waals surface area (Å²) in [5.41, 5.74) is 5.96. The summed E-state index contributed by atoms with van der Waals surface area (Å²) in [7, 11) is 0. The molecule has 1 aliphatic carbocycles. The van der Waals surface area contributed by atoms with Crippen LogP contribution in [0.2, 0.25) is 0 Å². The van der Waals surface area contributed by atoms with Crippen LogP contribution in [-0.2, 0) is 6.42 Å². The highest BCUT2D eigenvalue weighted by molar-refractivity contribution is 5.57. The minimum absolute atomic E-state index is 0.392. The Morgan fingerprint density at radius 2 is 1.38 bits per heavy atom. The van der Waals surface area contributed by atoms with Crippen molar-refractivity contribution >= 4 is 6.08 Å². The molecule has 1 atom stereocenters. The maximum atomic E-state index is 3.36. The van der Waals surface area contributed by atoms with Gasteiger partial charge in [0.1, 0.15) is 0 Å². The molecule has 1 unspecified atom stereocenters. The lowest BCUT2D eigenvalue weighted by atomic mass is 9.75. The normalized spacial score (nSPS) is 15.3. The molecule has 0 saturated heterocycles. The molecule has 0 aromatic heterocycles. The predicted octanol–water partition coefficient (Wildman–Crippen LogP) is 9.39. The van der Waals surface area contributed by atoms with Crippen LogP contribution in [0.1, 0.15) is 69.7 Å². The highest BCUT2D eigenvalue weighted by atomic mass is 14.3. The van der Waals surface area contributed by atoms with Gasteiger partial charge in [-0.25, -0.2) is 0 Å². The molecule has 0 saturated carbocycles. The Bertz CT molecular complexity index is 654. The molecule has 2 aromatic rings. The summed E-state index contributed by atoms with van der Waals surface area (Å²) in [5.74, 6) is 0. The maximum absolute atomic E-state index is 3.36. The number of aryl methyl sites for hydroxylation is 2. The van der Waals surface area contributed by atoms with E-state index in [2.05, 4.69) is 108 Å². The minimum Gasteiger partial charge on any atom is -0.106 e. The van der Waals surface area contributed by atoms with Crippen molar-refractivity contribution < 1.29 is 0 Å². The molecule has 0 N–H and O–H groups in total. The average Bonchev–Trinajstić information content (AvgIpc) is 2.74. The summed E-state index contributed by atoms with van der Waals surface area (Å²) < 4.78 is 0. The van der Waals surface area contributed by atoms with E-state index in [9.17, 15) is 0 Å². The number of allylic oxidation sites excluding steroid dienone is 2. The first-order valence-electron chi connectivity index (χ1n) is 10.8. The third-order valence-electron chi connectivity index (χ3n) is 4.35. The van der Waals surface area contributed by atoms with Crippen molar-refractivity contribution in [3.05, 3.63) is 103 Å². The Labute approximate surface area is 182 Å². The molecule has 0 heteroatoms. The summed E-state index contributed by atoms with van der Waals surface area (Å²) in [5, 5.41) is 0. The standard InChI is InChI=1S/C14H18.C8H10.C3H6.C2H6.C2H4/c1-3-9-14(2)10-8-12-6-4-5-7-13(12)11-14;1-7-3-5-8(2)6-4-7;1-3-2;2*1-2/h4-8,10H,3,9,11H2,1-2H3;3-6H,1-2H3;3H,1H2,2H3;1-2H3;1-2H2. The average molecular weight is 393 g/mol. The zero-order valence-electron chi connectivity index (χ0n) is 20.1. The van der Waals surface area contributed by atoms with Crippen molar-refractivity contribution in [3.63, 3.8) is 0 Å². The van der Waals surface area contributed by atoms with E-state index >= 15 is 0 Å². The molecule has 1 aliphatic rings. The Morgan fingerprint density at radius 3 is 1.83 bits per heavy atom. The first kappa shape index (κ1) is 28.9. The molecule has 3 rings (SSSR count). The lowest BCUT2D eigenvalue weighted by Crippen LogP contribution is -2.19.